The first-order valence-corrected chi connectivity index (χ1v) is 9.03. The molecule has 1 aromatic heterocycles. The third-order valence-corrected chi connectivity index (χ3v) is 4.15. The van der Waals surface area contributed by atoms with E-state index in [1.54, 1.807) is 4.72 Å². The predicted molar refractivity (Wildman–Crippen MR) is 86.5 cm³/mol. The highest BCUT2D eigenvalue weighted by Crippen LogP contribution is 2.18. The predicted octanol–water partition coefficient (Wildman–Crippen LogP) is -1.79. The molecule has 26 heavy (non-hydrogen) atoms. The number of hydrogen-bond donors (Lipinski definition) is 4. The lowest BCUT2D eigenvalue weighted by Gasteiger charge is -2.35. The second-order valence-corrected chi connectivity index (χ2v) is 6.74. The first kappa shape index (κ1) is 19.5. The first-order valence-electron chi connectivity index (χ1n) is 6.71. The highest BCUT2D eigenvalue weighted by molar-refractivity contribution is 7.87. The number of nitrogens with one attached hydrogen (secondary N) is 3. The number of amides is 2. The minimum atomic E-state index is -4.54. The summed E-state index contributed by atoms with van der Waals surface area (Å²) in [6.07, 6.45) is -1.03. The number of β-lactam (4-membered cyclic amide) rings is 1. The monoisotopic (exact) mass is 407 g/mol. The van der Waals surface area contributed by atoms with Crippen molar-refractivity contribution in [2.75, 3.05) is 11.8 Å². The van der Waals surface area contributed by atoms with Crippen LogP contribution in [0.3, 0.4) is 0 Å². The van der Waals surface area contributed by atoms with Crippen molar-refractivity contribution < 1.29 is 36.9 Å². The van der Waals surface area contributed by atoms with Gasteiger partial charge in [0.25, 0.3) is 11.8 Å². The Hall–Kier alpha value is -2.78. The summed E-state index contributed by atoms with van der Waals surface area (Å²) >= 11 is 0.770. The van der Waals surface area contributed by atoms with E-state index in [4.69, 9.17) is 9.29 Å². The molecule has 0 aliphatic carbocycles. The van der Waals surface area contributed by atoms with Crippen molar-refractivity contribution in [1.82, 2.24) is 15.6 Å². The fourth-order valence-electron chi connectivity index (χ4n) is 1.82. The van der Waals surface area contributed by atoms with Crippen LogP contribution in [-0.2, 0) is 34.3 Å². The Morgan fingerprint density at radius 3 is 2.69 bits per heavy atom. The Balaban J connectivity index is 2.14. The van der Waals surface area contributed by atoms with Crippen LogP contribution < -0.4 is 15.4 Å². The number of carbonyl (C=O) groups is 3. The van der Waals surface area contributed by atoms with E-state index in [2.05, 4.69) is 25.6 Å². The van der Waals surface area contributed by atoms with Crippen molar-refractivity contribution in [2.24, 2.45) is 5.16 Å². The van der Waals surface area contributed by atoms with Gasteiger partial charge in [0, 0.05) is 12.3 Å². The minimum Gasteiger partial charge on any atom is -0.439 e. The number of thiazole rings is 1. The van der Waals surface area contributed by atoms with Crippen LogP contribution in [0.15, 0.2) is 10.5 Å². The van der Waals surface area contributed by atoms with Gasteiger partial charge in [-0.2, -0.15) is 8.42 Å². The van der Waals surface area contributed by atoms with Crippen molar-refractivity contribution in [3.05, 3.63) is 11.1 Å². The van der Waals surface area contributed by atoms with Gasteiger partial charge in [0.1, 0.15) is 12.8 Å². The van der Waals surface area contributed by atoms with Crippen molar-refractivity contribution >= 4 is 50.3 Å². The van der Waals surface area contributed by atoms with E-state index < -0.39 is 40.4 Å². The van der Waals surface area contributed by atoms with Crippen molar-refractivity contribution in [3.8, 4) is 0 Å². The number of hydrogen-bond acceptors (Lipinski definition) is 10. The van der Waals surface area contributed by atoms with Crippen LogP contribution in [0.5, 0.6) is 0 Å². The van der Waals surface area contributed by atoms with Crippen LogP contribution in [0.25, 0.3) is 0 Å². The molecule has 1 aliphatic rings. The molecule has 1 fully saturated rings. The molecule has 13 nitrogen and oxygen atoms in total. The summed E-state index contributed by atoms with van der Waals surface area (Å²) in [5.74, 6) is -2.11. The molecule has 2 amide bonds. The second-order valence-electron chi connectivity index (χ2n) is 4.73. The number of aromatic nitrogens is 1. The molecule has 0 spiro atoms. The van der Waals surface area contributed by atoms with E-state index in [0.29, 0.717) is 0 Å². The molecule has 4 N–H and O–H groups in total. The van der Waals surface area contributed by atoms with E-state index in [9.17, 15) is 22.8 Å². The molecular formula is C11H13N5O8S2. The van der Waals surface area contributed by atoms with Gasteiger partial charge in [-0.05, 0) is 0 Å². The topological polar surface area (TPSA) is 185 Å². The zero-order valence-electron chi connectivity index (χ0n) is 13.2. The Bertz CT molecular complexity index is 864. The molecule has 1 saturated heterocycles. The fourth-order valence-corrected chi connectivity index (χ4v) is 3.13. The number of esters is 1. The van der Waals surface area contributed by atoms with Crippen molar-refractivity contribution in [2.45, 2.75) is 19.2 Å². The smallest absolute Gasteiger partial charge is 0.359 e. The van der Waals surface area contributed by atoms with Gasteiger partial charge in [-0.3, -0.25) is 18.9 Å². The zero-order valence-corrected chi connectivity index (χ0v) is 14.9. The molecule has 0 bridgehead atoms. The summed E-state index contributed by atoms with van der Waals surface area (Å²) in [6.45, 7) is 1.14. The molecular weight excluding hydrogens is 394 g/mol. The Morgan fingerprint density at radius 1 is 1.46 bits per heavy atom. The standard InChI is InChI=1S/C11H13N5O8S2/c1-4(17)24-10-7(9(19)14-10)13-8(18)6(15-23-2)5-3-25-11(12-5)16-26(20,21)22/h3,7,10H,1-2H3,(H,12,16)(H,13,18)(H,14,19)(H,20,21,22)/t7-,10+/m1/s1. The molecule has 2 rings (SSSR count). The lowest BCUT2D eigenvalue weighted by atomic mass is 10.1. The molecule has 15 heteroatoms. The van der Waals surface area contributed by atoms with E-state index in [1.165, 1.54) is 5.38 Å². The Labute approximate surface area is 150 Å². The number of anilines is 1. The van der Waals surface area contributed by atoms with E-state index >= 15 is 0 Å². The number of oxime groups is 1. The average molecular weight is 407 g/mol. The minimum absolute atomic E-state index is 0.0794. The second kappa shape index (κ2) is 7.63. The first-order chi connectivity index (χ1) is 12.1. The lowest BCUT2D eigenvalue weighted by molar-refractivity contribution is -0.163. The highest BCUT2D eigenvalue weighted by Gasteiger charge is 2.43. The Morgan fingerprint density at radius 2 is 2.15 bits per heavy atom. The van der Waals surface area contributed by atoms with Gasteiger partial charge >= 0.3 is 16.3 Å². The van der Waals surface area contributed by atoms with Crippen LogP contribution in [0.2, 0.25) is 0 Å². The van der Waals surface area contributed by atoms with Crippen LogP contribution in [-0.4, -0.2) is 60.8 Å². The van der Waals surface area contributed by atoms with E-state index in [-0.39, 0.29) is 16.5 Å². The number of rotatable bonds is 7. The van der Waals surface area contributed by atoms with Gasteiger partial charge in [-0.25, -0.2) is 9.71 Å². The molecule has 2 atom stereocenters. The van der Waals surface area contributed by atoms with Gasteiger partial charge in [0.05, 0.1) is 0 Å². The van der Waals surface area contributed by atoms with E-state index in [1.807, 2.05) is 0 Å². The van der Waals surface area contributed by atoms with Crippen molar-refractivity contribution in [3.63, 3.8) is 0 Å². The maximum absolute atomic E-state index is 12.3. The Kier molecular flexibility index (Phi) is 5.73. The number of carbonyl (C=O) groups excluding carboxylic acids is 3. The summed E-state index contributed by atoms with van der Waals surface area (Å²) in [7, 11) is -3.38. The SMILES string of the molecule is CON=C(C(=O)N[C@@H]1C(=O)N[C@H]1OC(C)=O)c1csc(NS(=O)(=O)O)n1. The van der Waals surface area contributed by atoms with Crippen LogP contribution in [0, 0.1) is 0 Å². The summed E-state index contributed by atoms with van der Waals surface area (Å²) in [5.41, 5.74) is -0.447. The summed E-state index contributed by atoms with van der Waals surface area (Å²) < 4.78 is 36.8. The summed E-state index contributed by atoms with van der Waals surface area (Å²) in [5, 5.41) is 9.13. The maximum Gasteiger partial charge on any atom is 0.359 e. The number of nitrogens with zero attached hydrogens (tertiary/aromatic N) is 2. The van der Waals surface area contributed by atoms with Gasteiger partial charge in [-0.15, -0.1) is 11.3 Å². The molecule has 0 saturated carbocycles. The molecule has 142 valence electrons. The van der Waals surface area contributed by atoms with Crippen LogP contribution in [0.1, 0.15) is 12.6 Å². The summed E-state index contributed by atoms with van der Waals surface area (Å²) in [6, 6.07) is -1.14. The van der Waals surface area contributed by atoms with Crippen LogP contribution >= 0.6 is 11.3 Å². The molecule has 0 unspecified atom stereocenters. The van der Waals surface area contributed by atoms with Gasteiger partial charge in [0.15, 0.2) is 16.9 Å². The van der Waals surface area contributed by atoms with Gasteiger partial charge in [0.2, 0.25) is 6.23 Å². The lowest BCUT2D eigenvalue weighted by Crippen LogP contribution is -2.70. The average Bonchev–Trinajstić information content (AvgIpc) is 2.95. The molecule has 2 heterocycles. The molecule has 0 aromatic carbocycles. The highest BCUT2D eigenvalue weighted by atomic mass is 32.2. The largest absolute Gasteiger partial charge is 0.439 e. The van der Waals surface area contributed by atoms with E-state index in [0.717, 1.165) is 25.4 Å². The third kappa shape index (κ3) is 4.87. The zero-order chi connectivity index (χ0) is 19.5. The van der Waals surface area contributed by atoms with Crippen LogP contribution in [0.4, 0.5) is 5.13 Å². The van der Waals surface area contributed by atoms with Crippen molar-refractivity contribution in [1.29, 1.82) is 0 Å². The maximum atomic E-state index is 12.3. The normalized spacial score (nSPS) is 19.8. The number of ether oxygens (including phenoxy) is 1. The van der Waals surface area contributed by atoms with Gasteiger partial charge in [-0.1, -0.05) is 5.16 Å². The molecule has 0 radical (unpaired) electrons. The fraction of sp³-hybridized carbons (Fsp3) is 0.364. The molecule has 1 aliphatic heterocycles. The molecule has 1 aromatic rings. The third-order valence-electron chi connectivity index (χ3n) is 2.81. The summed E-state index contributed by atoms with van der Waals surface area (Å²) in [4.78, 5) is 43.2. The quantitative estimate of drug-likeness (QED) is 0.133. The van der Waals surface area contributed by atoms with Gasteiger partial charge < -0.3 is 20.2 Å².